The summed E-state index contributed by atoms with van der Waals surface area (Å²) in [4.78, 5) is 14.3. The number of benzene rings is 2. The fraction of sp³-hybridized carbons (Fsp3) is 0.250. The van der Waals surface area contributed by atoms with Crippen LogP contribution in [0.2, 0.25) is 0 Å². The highest BCUT2D eigenvalue weighted by Gasteiger charge is 2.11. The summed E-state index contributed by atoms with van der Waals surface area (Å²) < 4.78 is 11.4. The molecule has 3 aromatic rings. The number of hydrogen-bond acceptors (Lipinski definition) is 3. The Kier molecular flexibility index (Phi) is 5.23. The second kappa shape index (κ2) is 7.75. The molecule has 0 unspecified atom stereocenters. The van der Waals surface area contributed by atoms with E-state index >= 15 is 0 Å². The number of carbonyl (C=O) groups excluding carboxylic acids is 1. The number of aromatic amines is 1. The summed E-state index contributed by atoms with van der Waals surface area (Å²) in [6.07, 6.45) is 2.72. The zero-order valence-corrected chi connectivity index (χ0v) is 14.5. The molecule has 0 saturated carbocycles. The smallest absolute Gasteiger partial charge is 0.216 e. The largest absolute Gasteiger partial charge is 0.493 e. The number of methoxy groups -OCH3 is 1. The van der Waals surface area contributed by atoms with Crippen LogP contribution in [0, 0.1) is 0 Å². The van der Waals surface area contributed by atoms with Crippen molar-refractivity contribution in [2.45, 2.75) is 20.0 Å². The van der Waals surface area contributed by atoms with Crippen LogP contribution in [0.25, 0.3) is 10.9 Å². The van der Waals surface area contributed by atoms with Gasteiger partial charge in [-0.05, 0) is 23.6 Å². The molecule has 0 aliphatic carbocycles. The van der Waals surface area contributed by atoms with Gasteiger partial charge in [0.15, 0.2) is 11.5 Å². The lowest BCUT2D eigenvalue weighted by Crippen LogP contribution is -2.22. The lowest BCUT2D eigenvalue weighted by molar-refractivity contribution is -0.118. The van der Waals surface area contributed by atoms with Gasteiger partial charge in [0.2, 0.25) is 5.91 Å². The first kappa shape index (κ1) is 16.9. The molecule has 2 aromatic carbocycles. The molecule has 1 amide bonds. The number of nitrogens with one attached hydrogen (secondary N) is 2. The maximum atomic E-state index is 11.0. The predicted molar refractivity (Wildman–Crippen MR) is 98.0 cm³/mol. The van der Waals surface area contributed by atoms with Gasteiger partial charge in [-0.25, -0.2) is 0 Å². The van der Waals surface area contributed by atoms with E-state index < -0.39 is 0 Å². The summed E-state index contributed by atoms with van der Waals surface area (Å²) >= 11 is 0. The zero-order chi connectivity index (χ0) is 17.6. The normalized spacial score (nSPS) is 10.6. The third-order valence-corrected chi connectivity index (χ3v) is 4.06. The first-order valence-electron chi connectivity index (χ1n) is 8.26. The Morgan fingerprint density at radius 1 is 1.16 bits per heavy atom. The molecular formula is C20H22N2O3. The van der Waals surface area contributed by atoms with Crippen molar-refractivity contribution in [1.82, 2.24) is 10.3 Å². The van der Waals surface area contributed by atoms with E-state index in [2.05, 4.69) is 10.3 Å². The van der Waals surface area contributed by atoms with E-state index in [0.29, 0.717) is 24.7 Å². The van der Waals surface area contributed by atoms with Gasteiger partial charge in [0.05, 0.1) is 7.11 Å². The minimum atomic E-state index is -0.0200. The molecule has 1 heterocycles. The van der Waals surface area contributed by atoms with Crippen LogP contribution in [0.15, 0.2) is 48.7 Å². The average Bonchev–Trinajstić information content (AvgIpc) is 3.01. The van der Waals surface area contributed by atoms with Crippen LogP contribution in [-0.2, 0) is 17.8 Å². The standard InChI is InChI=1S/C20H22N2O3/c1-14(23)21-9-8-16-12-22-18-11-19(24-2)20(10-17(16)18)25-13-15-6-4-3-5-7-15/h3-7,10-12,22H,8-9,13H2,1-2H3,(H,21,23). The number of ether oxygens (including phenoxy) is 2. The molecule has 0 aliphatic rings. The second-order valence-electron chi connectivity index (χ2n) is 5.87. The van der Waals surface area contributed by atoms with Crippen molar-refractivity contribution in [3.05, 3.63) is 59.8 Å². The summed E-state index contributed by atoms with van der Waals surface area (Å²) in [7, 11) is 1.64. The Balaban J connectivity index is 1.82. The number of H-pyrrole nitrogens is 1. The summed E-state index contributed by atoms with van der Waals surface area (Å²) in [5.41, 5.74) is 3.22. The van der Waals surface area contributed by atoms with Crippen LogP contribution < -0.4 is 14.8 Å². The lowest BCUT2D eigenvalue weighted by Gasteiger charge is -2.12. The highest BCUT2D eigenvalue weighted by molar-refractivity contribution is 5.86. The van der Waals surface area contributed by atoms with Gasteiger partial charge < -0.3 is 19.8 Å². The van der Waals surface area contributed by atoms with Crippen LogP contribution in [-0.4, -0.2) is 24.5 Å². The first-order chi connectivity index (χ1) is 12.2. The second-order valence-corrected chi connectivity index (χ2v) is 5.87. The number of amides is 1. The molecule has 0 radical (unpaired) electrons. The van der Waals surface area contributed by atoms with Crippen LogP contribution in [0.1, 0.15) is 18.1 Å². The monoisotopic (exact) mass is 338 g/mol. The van der Waals surface area contributed by atoms with Crippen molar-refractivity contribution in [1.29, 1.82) is 0 Å². The highest BCUT2D eigenvalue weighted by Crippen LogP contribution is 2.34. The van der Waals surface area contributed by atoms with E-state index in [4.69, 9.17) is 9.47 Å². The Labute approximate surface area is 147 Å². The van der Waals surface area contributed by atoms with Gasteiger partial charge >= 0.3 is 0 Å². The highest BCUT2D eigenvalue weighted by atomic mass is 16.5. The molecule has 3 rings (SSSR count). The van der Waals surface area contributed by atoms with Gasteiger partial charge in [0, 0.05) is 36.6 Å². The summed E-state index contributed by atoms with van der Waals surface area (Å²) in [5.74, 6) is 1.38. The van der Waals surface area contributed by atoms with Gasteiger partial charge in [-0.1, -0.05) is 30.3 Å². The number of rotatable bonds is 7. The third-order valence-electron chi connectivity index (χ3n) is 4.06. The number of carbonyl (C=O) groups is 1. The molecule has 2 N–H and O–H groups in total. The lowest BCUT2D eigenvalue weighted by atomic mass is 10.1. The van der Waals surface area contributed by atoms with E-state index in [0.717, 1.165) is 28.5 Å². The first-order valence-corrected chi connectivity index (χ1v) is 8.26. The van der Waals surface area contributed by atoms with E-state index in [1.165, 1.54) is 6.92 Å². The molecule has 0 atom stereocenters. The van der Waals surface area contributed by atoms with Crippen LogP contribution in [0.3, 0.4) is 0 Å². The quantitative estimate of drug-likeness (QED) is 0.694. The van der Waals surface area contributed by atoms with Crippen molar-refractivity contribution >= 4 is 16.8 Å². The Morgan fingerprint density at radius 3 is 2.68 bits per heavy atom. The van der Waals surface area contributed by atoms with Gasteiger partial charge in [-0.3, -0.25) is 4.79 Å². The van der Waals surface area contributed by atoms with Gasteiger partial charge in [-0.15, -0.1) is 0 Å². The van der Waals surface area contributed by atoms with Gasteiger partial charge in [-0.2, -0.15) is 0 Å². The average molecular weight is 338 g/mol. The van der Waals surface area contributed by atoms with Crippen molar-refractivity contribution in [2.75, 3.05) is 13.7 Å². The fourth-order valence-electron chi connectivity index (χ4n) is 2.78. The van der Waals surface area contributed by atoms with Crippen molar-refractivity contribution in [2.24, 2.45) is 0 Å². The Morgan fingerprint density at radius 2 is 1.96 bits per heavy atom. The number of aromatic nitrogens is 1. The predicted octanol–water partition coefficient (Wildman–Crippen LogP) is 3.43. The van der Waals surface area contributed by atoms with Crippen LogP contribution in [0.5, 0.6) is 11.5 Å². The molecule has 0 fully saturated rings. The minimum absolute atomic E-state index is 0.0200. The topological polar surface area (TPSA) is 63.3 Å². The van der Waals surface area contributed by atoms with Crippen molar-refractivity contribution in [3.8, 4) is 11.5 Å². The molecule has 0 saturated heterocycles. The molecule has 130 valence electrons. The molecular weight excluding hydrogens is 316 g/mol. The zero-order valence-electron chi connectivity index (χ0n) is 14.5. The summed E-state index contributed by atoms with van der Waals surface area (Å²) in [5, 5.41) is 3.90. The van der Waals surface area contributed by atoms with Crippen molar-refractivity contribution < 1.29 is 14.3 Å². The molecule has 0 spiro atoms. The molecule has 1 aromatic heterocycles. The molecule has 5 heteroatoms. The SMILES string of the molecule is COc1cc2[nH]cc(CCNC(C)=O)c2cc1OCc1ccccc1. The van der Waals surface area contributed by atoms with E-state index in [1.807, 2.05) is 48.7 Å². The maximum Gasteiger partial charge on any atom is 0.216 e. The summed E-state index contributed by atoms with van der Waals surface area (Å²) in [6, 6.07) is 14.0. The summed E-state index contributed by atoms with van der Waals surface area (Å²) in [6.45, 7) is 2.61. The van der Waals surface area contributed by atoms with E-state index in [-0.39, 0.29) is 5.91 Å². The Bertz CT molecular complexity index is 856. The molecule has 0 bridgehead atoms. The molecule has 0 aliphatic heterocycles. The van der Waals surface area contributed by atoms with E-state index in [1.54, 1.807) is 7.11 Å². The van der Waals surface area contributed by atoms with Crippen LogP contribution in [0.4, 0.5) is 0 Å². The third kappa shape index (κ3) is 4.12. The van der Waals surface area contributed by atoms with E-state index in [9.17, 15) is 4.79 Å². The number of hydrogen-bond donors (Lipinski definition) is 2. The van der Waals surface area contributed by atoms with Gasteiger partial charge in [0.25, 0.3) is 0 Å². The maximum absolute atomic E-state index is 11.0. The number of fused-ring (bicyclic) bond motifs is 1. The van der Waals surface area contributed by atoms with Crippen molar-refractivity contribution in [3.63, 3.8) is 0 Å². The molecule has 5 nitrogen and oxygen atoms in total. The molecule has 25 heavy (non-hydrogen) atoms. The Hall–Kier alpha value is -2.95. The minimum Gasteiger partial charge on any atom is -0.493 e. The fourth-order valence-corrected chi connectivity index (χ4v) is 2.78. The van der Waals surface area contributed by atoms with Crippen LogP contribution >= 0.6 is 0 Å². The van der Waals surface area contributed by atoms with Gasteiger partial charge in [0.1, 0.15) is 6.61 Å².